The molecule has 144 valence electrons. The van der Waals surface area contributed by atoms with E-state index >= 15 is 0 Å². The topological polar surface area (TPSA) is 0 Å². The third-order valence-corrected chi connectivity index (χ3v) is 6.92. The van der Waals surface area contributed by atoms with Gasteiger partial charge >= 0.3 is 0 Å². The second-order valence-electron chi connectivity index (χ2n) is 7.98. The number of hydrogen-bond donors (Lipinski definition) is 0. The average molecular weight is 387 g/mol. The van der Waals surface area contributed by atoms with Crippen molar-refractivity contribution in [2.75, 3.05) is 0 Å². The van der Waals surface area contributed by atoms with Crippen molar-refractivity contribution in [2.45, 2.75) is 58.8 Å². The molecule has 1 aromatic heterocycles. The van der Waals surface area contributed by atoms with Crippen LogP contribution in [0.1, 0.15) is 58.8 Å². The molecule has 0 N–H and O–H groups in total. The zero-order valence-corrected chi connectivity index (χ0v) is 17.9. The number of unbranched alkanes of at least 4 members (excludes halogenated alkanes) is 2. The summed E-state index contributed by atoms with van der Waals surface area (Å²) in [6, 6.07) is 13.5. The highest BCUT2D eigenvalue weighted by Crippen LogP contribution is 2.24. The summed E-state index contributed by atoms with van der Waals surface area (Å²) in [6.07, 6.45) is 18.2. The molecule has 0 atom stereocenters. The quantitative estimate of drug-likeness (QED) is 0.391. The van der Waals surface area contributed by atoms with E-state index in [1.165, 1.54) is 74.7 Å². The van der Waals surface area contributed by atoms with Gasteiger partial charge in [-0.3, -0.25) is 0 Å². The smallest absolute Gasteiger partial charge is 0.0361 e. The molecule has 0 bridgehead atoms. The Hall–Kier alpha value is -2.12. The monoisotopic (exact) mass is 386 g/mol. The maximum atomic E-state index is 2.48. The molecule has 1 aliphatic rings. The fourth-order valence-corrected chi connectivity index (χ4v) is 5.32. The fourth-order valence-electron chi connectivity index (χ4n) is 4.11. The van der Waals surface area contributed by atoms with E-state index in [-0.39, 0.29) is 0 Å². The summed E-state index contributed by atoms with van der Waals surface area (Å²) in [6.45, 7) is 4.48. The molecule has 0 nitrogen and oxygen atoms in total. The predicted octanol–water partition coefficient (Wildman–Crippen LogP) is 7.25. The highest BCUT2D eigenvalue weighted by Gasteiger charge is 2.05. The van der Waals surface area contributed by atoms with E-state index in [1.54, 1.807) is 5.57 Å². The number of fused-ring (bicyclic) bond motifs is 2. The first kappa shape index (κ1) is 19.2. The van der Waals surface area contributed by atoms with Crippen molar-refractivity contribution >= 4 is 44.3 Å². The lowest BCUT2D eigenvalue weighted by atomic mass is 9.95. The maximum absolute atomic E-state index is 2.48. The molecule has 4 rings (SSSR count). The molecule has 0 saturated carbocycles. The summed E-state index contributed by atoms with van der Waals surface area (Å²) in [5, 5.41) is 5.56. The SMILES string of the molecule is CC/C=c1\c(=C\CCCCC2=CC=C(C)CC2)sc2cc3ccccc3cc12. The van der Waals surface area contributed by atoms with E-state index in [9.17, 15) is 0 Å². The predicted molar refractivity (Wildman–Crippen MR) is 127 cm³/mol. The number of rotatable bonds is 6. The Morgan fingerprint density at radius 2 is 1.79 bits per heavy atom. The van der Waals surface area contributed by atoms with Crippen LogP contribution in [0, 0.1) is 0 Å². The Bertz CT molecular complexity index is 1150. The summed E-state index contributed by atoms with van der Waals surface area (Å²) >= 11 is 1.96. The van der Waals surface area contributed by atoms with Crippen LogP contribution in [0.3, 0.4) is 0 Å². The number of benzene rings is 2. The highest BCUT2D eigenvalue weighted by molar-refractivity contribution is 7.17. The first-order valence-corrected chi connectivity index (χ1v) is 11.5. The first-order chi connectivity index (χ1) is 13.7. The van der Waals surface area contributed by atoms with E-state index < -0.39 is 0 Å². The Kier molecular flexibility index (Phi) is 6.12. The molecule has 1 heteroatoms. The number of allylic oxidation sites excluding steroid dienone is 4. The van der Waals surface area contributed by atoms with Gasteiger partial charge in [0.15, 0.2) is 0 Å². The molecular weight excluding hydrogens is 356 g/mol. The maximum Gasteiger partial charge on any atom is 0.0361 e. The second kappa shape index (κ2) is 8.92. The van der Waals surface area contributed by atoms with Crippen molar-refractivity contribution < 1.29 is 0 Å². The van der Waals surface area contributed by atoms with Crippen molar-refractivity contribution in [3.63, 3.8) is 0 Å². The largest absolute Gasteiger partial charge is 0.136 e. The molecule has 1 aliphatic carbocycles. The molecule has 3 aromatic rings. The minimum atomic E-state index is 1.08. The van der Waals surface area contributed by atoms with Gasteiger partial charge in [-0.1, -0.05) is 66.6 Å². The van der Waals surface area contributed by atoms with Crippen molar-refractivity contribution in [1.29, 1.82) is 0 Å². The van der Waals surface area contributed by atoms with E-state index in [1.807, 2.05) is 11.3 Å². The van der Waals surface area contributed by atoms with Gasteiger partial charge in [0.2, 0.25) is 0 Å². The summed E-state index contributed by atoms with van der Waals surface area (Å²) in [7, 11) is 0. The minimum Gasteiger partial charge on any atom is -0.136 e. The van der Waals surface area contributed by atoms with Gasteiger partial charge in [-0.2, -0.15) is 0 Å². The van der Waals surface area contributed by atoms with Crippen molar-refractivity contribution in [3.8, 4) is 0 Å². The highest BCUT2D eigenvalue weighted by atomic mass is 32.1. The molecule has 1 heterocycles. The molecule has 2 aromatic carbocycles. The standard InChI is InChI=1S/C27H30S/c1-3-9-24-25-18-22-11-7-8-12-23(22)19-27(25)28-26(24)13-6-4-5-10-21-16-14-20(2)15-17-21/h7-9,11-14,16,18-19H,3-6,10,15,17H2,1-2H3/b24-9-,26-13-. The number of thiophene rings is 1. The molecule has 0 saturated heterocycles. The summed E-state index contributed by atoms with van der Waals surface area (Å²) in [5.74, 6) is 0. The van der Waals surface area contributed by atoms with Gasteiger partial charge in [0.1, 0.15) is 0 Å². The fraction of sp³-hybridized carbons (Fsp3) is 0.333. The summed E-state index contributed by atoms with van der Waals surface area (Å²) in [5.41, 5.74) is 3.16. The van der Waals surface area contributed by atoms with Crippen molar-refractivity contribution in [2.24, 2.45) is 0 Å². The van der Waals surface area contributed by atoms with E-state index in [2.05, 4.69) is 74.5 Å². The molecule has 0 spiro atoms. The van der Waals surface area contributed by atoms with E-state index in [4.69, 9.17) is 0 Å². The lowest BCUT2D eigenvalue weighted by Gasteiger charge is -2.11. The van der Waals surface area contributed by atoms with Crippen LogP contribution in [0.25, 0.3) is 33.0 Å². The number of hydrogen-bond acceptors (Lipinski definition) is 1. The first-order valence-electron chi connectivity index (χ1n) is 10.7. The van der Waals surface area contributed by atoms with Crippen LogP contribution in [0.15, 0.2) is 59.7 Å². The molecule has 0 amide bonds. The van der Waals surface area contributed by atoms with Crippen molar-refractivity contribution in [1.82, 2.24) is 0 Å². The Morgan fingerprint density at radius 3 is 2.54 bits per heavy atom. The van der Waals surface area contributed by atoms with E-state index in [0.29, 0.717) is 0 Å². The molecule has 0 unspecified atom stereocenters. The summed E-state index contributed by atoms with van der Waals surface area (Å²) in [4.78, 5) is 0. The third-order valence-electron chi connectivity index (χ3n) is 5.76. The van der Waals surface area contributed by atoms with Crippen LogP contribution in [-0.2, 0) is 0 Å². The van der Waals surface area contributed by atoms with Crippen LogP contribution in [-0.4, -0.2) is 0 Å². The second-order valence-corrected chi connectivity index (χ2v) is 9.06. The Labute approximate surface area is 172 Å². The van der Waals surface area contributed by atoms with Gasteiger partial charge in [-0.05, 0) is 80.0 Å². The Balaban J connectivity index is 1.53. The van der Waals surface area contributed by atoms with E-state index in [0.717, 1.165) is 6.42 Å². The average Bonchev–Trinajstić information content (AvgIpc) is 3.04. The van der Waals surface area contributed by atoms with Crippen LogP contribution < -0.4 is 9.75 Å². The summed E-state index contributed by atoms with van der Waals surface area (Å²) < 4.78 is 2.88. The van der Waals surface area contributed by atoms with Gasteiger partial charge in [-0.15, -0.1) is 11.3 Å². The molecule has 28 heavy (non-hydrogen) atoms. The lowest BCUT2D eigenvalue weighted by Crippen LogP contribution is -2.18. The minimum absolute atomic E-state index is 1.08. The molecule has 0 radical (unpaired) electrons. The van der Waals surface area contributed by atoms with Crippen molar-refractivity contribution in [3.05, 3.63) is 69.4 Å². The van der Waals surface area contributed by atoms with Gasteiger partial charge in [-0.25, -0.2) is 0 Å². The van der Waals surface area contributed by atoms with Gasteiger partial charge in [0.05, 0.1) is 0 Å². The lowest BCUT2D eigenvalue weighted by molar-refractivity contribution is 0.720. The van der Waals surface area contributed by atoms with Crippen LogP contribution in [0.5, 0.6) is 0 Å². The molecule has 0 aliphatic heterocycles. The van der Waals surface area contributed by atoms with Crippen LogP contribution in [0.4, 0.5) is 0 Å². The van der Waals surface area contributed by atoms with Gasteiger partial charge in [0, 0.05) is 14.6 Å². The normalized spacial score (nSPS) is 16.1. The molecule has 0 fully saturated rings. The third kappa shape index (κ3) is 4.31. The van der Waals surface area contributed by atoms with Crippen LogP contribution in [0.2, 0.25) is 0 Å². The van der Waals surface area contributed by atoms with Gasteiger partial charge in [0.25, 0.3) is 0 Å². The zero-order chi connectivity index (χ0) is 19.3. The molecular formula is C27H30S. The van der Waals surface area contributed by atoms with Gasteiger partial charge < -0.3 is 0 Å². The zero-order valence-electron chi connectivity index (χ0n) is 17.1. The Morgan fingerprint density at radius 1 is 0.964 bits per heavy atom. The van der Waals surface area contributed by atoms with Crippen LogP contribution >= 0.6 is 11.3 Å².